The van der Waals surface area contributed by atoms with Gasteiger partial charge in [-0.1, -0.05) is 12.2 Å². The first kappa shape index (κ1) is 7.87. The fourth-order valence-corrected chi connectivity index (χ4v) is 1.27. The molecule has 0 aromatic heterocycles. The van der Waals surface area contributed by atoms with Gasteiger partial charge in [0.15, 0.2) is 0 Å². The summed E-state index contributed by atoms with van der Waals surface area (Å²) in [4.78, 5) is 10.1. The molecule has 0 saturated carbocycles. The van der Waals surface area contributed by atoms with Gasteiger partial charge in [0, 0.05) is 6.42 Å². The first-order valence-electron chi connectivity index (χ1n) is 2.91. The second kappa shape index (κ2) is 3.25. The van der Waals surface area contributed by atoms with Crippen LogP contribution in [0.25, 0.3) is 0 Å². The fourth-order valence-electron chi connectivity index (χ4n) is 0.767. The van der Waals surface area contributed by atoms with Crippen molar-refractivity contribution in [3.05, 3.63) is 28.8 Å². The minimum Gasteiger partial charge on any atom is -0.184 e. The van der Waals surface area contributed by atoms with E-state index in [1.807, 2.05) is 0 Å². The summed E-state index contributed by atoms with van der Waals surface area (Å²) >= 11 is 0. The van der Waals surface area contributed by atoms with Crippen molar-refractivity contribution in [2.24, 2.45) is 5.18 Å². The molecule has 5 heteroatoms. The van der Waals surface area contributed by atoms with E-state index in [2.05, 4.69) is 5.18 Å². The van der Waals surface area contributed by atoms with Crippen molar-refractivity contribution in [2.75, 3.05) is 0 Å². The Labute approximate surface area is 64.7 Å². The molecule has 0 saturated heterocycles. The number of nitroso groups, excluding NO2 is 1. The third-order valence-corrected chi connectivity index (χ3v) is 2.06. The van der Waals surface area contributed by atoms with Gasteiger partial charge in [-0.2, -0.15) is 8.42 Å². The van der Waals surface area contributed by atoms with Gasteiger partial charge in [0.25, 0.3) is 0 Å². The molecule has 0 N–H and O–H groups in total. The summed E-state index contributed by atoms with van der Waals surface area (Å²) in [5.41, 5.74) is 0.000772. The van der Waals surface area contributed by atoms with Crippen LogP contribution in [-0.4, -0.2) is 13.3 Å². The van der Waals surface area contributed by atoms with E-state index in [-0.39, 0.29) is 17.0 Å². The van der Waals surface area contributed by atoms with E-state index in [0.29, 0.717) is 0 Å². The Kier molecular flexibility index (Phi) is 2.32. The highest BCUT2D eigenvalue weighted by Crippen LogP contribution is 2.08. The van der Waals surface area contributed by atoms with Crippen molar-refractivity contribution >= 4 is 15.2 Å². The molecule has 0 atom stereocenters. The summed E-state index contributed by atoms with van der Waals surface area (Å²) in [5.74, 6) is 0. The van der Waals surface area contributed by atoms with E-state index in [0.717, 1.165) is 0 Å². The maximum atomic E-state index is 10.4. The van der Waals surface area contributed by atoms with Gasteiger partial charge in [-0.3, -0.25) is 0 Å². The topological polar surface area (TPSA) is 63.6 Å². The van der Waals surface area contributed by atoms with E-state index in [4.69, 9.17) is 0 Å². The zero-order chi connectivity index (χ0) is 8.27. The summed E-state index contributed by atoms with van der Waals surface area (Å²) in [5, 5.41) is 2.58. The maximum absolute atomic E-state index is 10.4. The Balaban J connectivity index is 3.24. The zero-order valence-electron chi connectivity index (χ0n) is 5.52. The monoisotopic (exact) mass is 171 g/mol. The van der Waals surface area contributed by atoms with Gasteiger partial charge in [-0.25, -0.2) is 0 Å². The van der Waals surface area contributed by atoms with Crippen LogP contribution in [-0.2, 0) is 10.3 Å². The van der Waals surface area contributed by atoms with Crippen molar-refractivity contribution in [1.29, 1.82) is 0 Å². The SMILES string of the molecule is O=NC1=CC=CCC1=S(=O)=O. The Morgan fingerprint density at radius 2 is 2.18 bits per heavy atom. The van der Waals surface area contributed by atoms with Crippen LogP contribution < -0.4 is 0 Å². The Bertz CT molecular complexity index is 353. The van der Waals surface area contributed by atoms with E-state index >= 15 is 0 Å². The van der Waals surface area contributed by atoms with Gasteiger partial charge in [0.1, 0.15) is 10.6 Å². The molecule has 0 bridgehead atoms. The summed E-state index contributed by atoms with van der Waals surface area (Å²) in [6, 6.07) is 0. The zero-order valence-corrected chi connectivity index (χ0v) is 6.34. The number of nitrogens with zero attached hydrogens (tertiary/aromatic N) is 1. The molecule has 0 spiro atoms. The van der Waals surface area contributed by atoms with Crippen molar-refractivity contribution in [2.45, 2.75) is 6.42 Å². The van der Waals surface area contributed by atoms with Crippen molar-refractivity contribution in [1.82, 2.24) is 0 Å². The van der Waals surface area contributed by atoms with Crippen LogP contribution in [0.2, 0.25) is 0 Å². The molecule has 0 radical (unpaired) electrons. The predicted octanol–water partition coefficient (Wildman–Crippen LogP) is 0.648. The third-order valence-electron chi connectivity index (χ3n) is 1.28. The highest BCUT2D eigenvalue weighted by Gasteiger charge is 2.09. The average molecular weight is 171 g/mol. The van der Waals surface area contributed by atoms with Gasteiger partial charge in [-0.15, -0.1) is 4.91 Å². The smallest absolute Gasteiger partial charge is 0.184 e. The average Bonchev–Trinajstić information content (AvgIpc) is 2.04. The fraction of sp³-hybridized carbons (Fsp3) is 0.167. The van der Waals surface area contributed by atoms with Gasteiger partial charge < -0.3 is 0 Å². The van der Waals surface area contributed by atoms with Crippen LogP contribution in [0.5, 0.6) is 0 Å². The Morgan fingerprint density at radius 1 is 1.45 bits per heavy atom. The van der Waals surface area contributed by atoms with Crippen molar-refractivity contribution < 1.29 is 8.42 Å². The standard InChI is InChI=1S/C6H5NO3S/c8-7-5-3-1-2-4-6(5)11(9)10/h1-3H,4H2. The molecule has 0 aromatic carbocycles. The van der Waals surface area contributed by atoms with E-state index in [9.17, 15) is 13.3 Å². The first-order valence-corrected chi connectivity index (χ1v) is 3.99. The highest BCUT2D eigenvalue weighted by molar-refractivity contribution is 7.73. The van der Waals surface area contributed by atoms with Crippen LogP contribution in [0.3, 0.4) is 0 Å². The second-order valence-corrected chi connectivity index (χ2v) is 2.90. The molecular weight excluding hydrogens is 166 g/mol. The molecule has 0 unspecified atom stereocenters. The van der Waals surface area contributed by atoms with Crippen LogP contribution in [0.15, 0.2) is 29.1 Å². The molecule has 0 aromatic rings. The number of hydrogen-bond acceptors (Lipinski definition) is 4. The summed E-state index contributed by atoms with van der Waals surface area (Å²) < 4.78 is 20.8. The molecule has 0 heterocycles. The summed E-state index contributed by atoms with van der Waals surface area (Å²) in [6.45, 7) is 0. The molecule has 1 rings (SSSR count). The van der Waals surface area contributed by atoms with Crippen LogP contribution in [0, 0.1) is 4.91 Å². The predicted molar refractivity (Wildman–Crippen MR) is 41.6 cm³/mol. The maximum Gasteiger partial charge on any atom is 0.219 e. The van der Waals surface area contributed by atoms with E-state index in [1.54, 1.807) is 12.2 Å². The third kappa shape index (κ3) is 1.62. The number of rotatable bonds is 1. The summed E-state index contributed by atoms with van der Waals surface area (Å²) in [7, 11) is -2.33. The number of hydrogen-bond donors (Lipinski definition) is 0. The van der Waals surface area contributed by atoms with Crippen LogP contribution >= 0.6 is 0 Å². The molecule has 1 aliphatic carbocycles. The van der Waals surface area contributed by atoms with Crippen molar-refractivity contribution in [3.8, 4) is 0 Å². The van der Waals surface area contributed by atoms with E-state index < -0.39 is 10.3 Å². The number of allylic oxidation sites excluding steroid dienone is 4. The second-order valence-electron chi connectivity index (χ2n) is 1.93. The summed E-state index contributed by atoms with van der Waals surface area (Å²) in [6.07, 6.45) is 4.89. The quantitative estimate of drug-likeness (QED) is 0.429. The molecular formula is C6H5NO3S. The molecule has 0 aliphatic heterocycles. The van der Waals surface area contributed by atoms with Crippen LogP contribution in [0.4, 0.5) is 0 Å². The molecule has 1 aliphatic rings. The lowest BCUT2D eigenvalue weighted by atomic mass is 10.1. The lowest BCUT2D eigenvalue weighted by Crippen LogP contribution is -2.03. The van der Waals surface area contributed by atoms with Crippen LogP contribution in [0.1, 0.15) is 6.42 Å². The normalized spacial score (nSPS) is 16.0. The van der Waals surface area contributed by atoms with Gasteiger partial charge in [0.2, 0.25) is 10.3 Å². The molecule has 4 nitrogen and oxygen atoms in total. The van der Waals surface area contributed by atoms with Crippen molar-refractivity contribution in [3.63, 3.8) is 0 Å². The van der Waals surface area contributed by atoms with Gasteiger partial charge in [-0.05, 0) is 11.3 Å². The van der Waals surface area contributed by atoms with Gasteiger partial charge in [0.05, 0.1) is 0 Å². The van der Waals surface area contributed by atoms with E-state index in [1.165, 1.54) is 6.08 Å². The Morgan fingerprint density at radius 3 is 2.64 bits per heavy atom. The first-order chi connectivity index (χ1) is 5.25. The lowest BCUT2D eigenvalue weighted by Gasteiger charge is -1.98. The molecule has 11 heavy (non-hydrogen) atoms. The highest BCUT2D eigenvalue weighted by atomic mass is 32.2. The minimum absolute atomic E-state index is 0.000772. The lowest BCUT2D eigenvalue weighted by molar-refractivity contribution is 0.627. The van der Waals surface area contributed by atoms with Gasteiger partial charge >= 0.3 is 0 Å². The largest absolute Gasteiger partial charge is 0.219 e. The molecule has 0 fully saturated rings. The molecule has 0 amide bonds. The minimum atomic E-state index is -2.33. The molecule has 58 valence electrons. The Hall–Kier alpha value is -1.23.